The Morgan fingerprint density at radius 3 is 2.31 bits per heavy atom. The molecule has 0 aliphatic rings. The quantitative estimate of drug-likeness (QED) is 0.797. The number of hydrogen-bond acceptors (Lipinski definition) is 3. The van der Waals surface area contributed by atoms with Gasteiger partial charge in [0.05, 0.1) is 12.2 Å². The van der Waals surface area contributed by atoms with E-state index in [-0.39, 0.29) is 11.9 Å². The summed E-state index contributed by atoms with van der Waals surface area (Å²) < 4.78 is 5.53. The molecule has 88 valence electrons. The molecule has 1 aromatic carbocycles. The van der Waals surface area contributed by atoms with Gasteiger partial charge in [-0.2, -0.15) is 0 Å². The molecule has 0 aliphatic carbocycles. The van der Waals surface area contributed by atoms with Crippen LogP contribution in [0.25, 0.3) is 0 Å². The molecule has 1 unspecified atom stereocenters. The van der Waals surface area contributed by atoms with Crippen molar-refractivity contribution in [1.29, 1.82) is 0 Å². The number of hydrogen-bond donors (Lipinski definition) is 1. The molecular weight excluding hydrogens is 204 g/mol. The van der Waals surface area contributed by atoms with E-state index in [0.717, 1.165) is 0 Å². The molecule has 1 aromatic rings. The summed E-state index contributed by atoms with van der Waals surface area (Å²) in [6, 6.07) is 5.16. The maximum Gasteiger partial charge on any atom is 0.159 e. The lowest BCUT2D eigenvalue weighted by atomic mass is 10.0. The lowest BCUT2D eigenvalue weighted by Gasteiger charge is -2.13. The summed E-state index contributed by atoms with van der Waals surface area (Å²) >= 11 is 0. The number of aliphatic hydroxyl groups excluding tert-OH is 1. The minimum Gasteiger partial charge on any atom is -0.491 e. The normalized spacial score (nSPS) is 12.6. The Kier molecular flexibility index (Phi) is 4.07. The van der Waals surface area contributed by atoms with Crippen molar-refractivity contribution in [3.8, 4) is 5.75 Å². The van der Waals surface area contributed by atoms with E-state index in [1.54, 1.807) is 25.1 Å². The van der Waals surface area contributed by atoms with Crippen LogP contribution in [0.3, 0.4) is 0 Å². The summed E-state index contributed by atoms with van der Waals surface area (Å²) in [7, 11) is 0. The third-order valence-corrected chi connectivity index (χ3v) is 2.19. The third-order valence-electron chi connectivity index (χ3n) is 2.19. The number of carbonyl (C=O) groups excluding carboxylic acids is 1. The fraction of sp³-hybridized carbons (Fsp3) is 0.462. The molecule has 16 heavy (non-hydrogen) atoms. The summed E-state index contributed by atoms with van der Waals surface area (Å²) in [6.07, 6.45) is -0.558. The molecule has 3 nitrogen and oxygen atoms in total. The number of ketones is 1. The molecule has 1 N–H and O–H groups in total. The summed E-state index contributed by atoms with van der Waals surface area (Å²) in [5.41, 5.74) is 1.26. The van der Waals surface area contributed by atoms with Gasteiger partial charge < -0.3 is 9.84 Å². The van der Waals surface area contributed by atoms with Gasteiger partial charge in [0, 0.05) is 5.56 Å². The van der Waals surface area contributed by atoms with Crippen LogP contribution >= 0.6 is 0 Å². The maximum absolute atomic E-state index is 11.3. The van der Waals surface area contributed by atoms with E-state index in [2.05, 4.69) is 0 Å². The van der Waals surface area contributed by atoms with Crippen molar-refractivity contribution < 1.29 is 14.6 Å². The number of Topliss-reactive ketones (excluding diaryl/α,β-unsaturated/α-hetero) is 1. The van der Waals surface area contributed by atoms with Gasteiger partial charge in [-0.3, -0.25) is 4.79 Å². The zero-order chi connectivity index (χ0) is 12.3. The van der Waals surface area contributed by atoms with E-state index in [9.17, 15) is 9.90 Å². The number of aliphatic hydroxyl groups is 1. The van der Waals surface area contributed by atoms with Gasteiger partial charge >= 0.3 is 0 Å². The molecule has 0 bridgehead atoms. The molecule has 1 atom stereocenters. The zero-order valence-corrected chi connectivity index (χ0v) is 10.2. The van der Waals surface area contributed by atoms with Crippen molar-refractivity contribution in [3.05, 3.63) is 29.3 Å². The third kappa shape index (κ3) is 3.35. The standard InChI is InChI=1S/C13H18O3/c1-8(2)16-13-6-11(9(3)14)5-12(7-13)10(4)15/h5-9,14H,1-4H3. The summed E-state index contributed by atoms with van der Waals surface area (Å²) in [4.78, 5) is 11.3. The smallest absolute Gasteiger partial charge is 0.159 e. The molecule has 0 amide bonds. The number of ether oxygens (including phenoxy) is 1. The first-order chi connectivity index (χ1) is 7.40. The minimum absolute atomic E-state index is 0.0314. The zero-order valence-electron chi connectivity index (χ0n) is 10.2. The minimum atomic E-state index is -0.603. The van der Waals surface area contributed by atoms with Crippen LogP contribution in [0.2, 0.25) is 0 Å². The molecule has 0 heterocycles. The van der Waals surface area contributed by atoms with Crippen LogP contribution in [0.1, 0.15) is 49.7 Å². The van der Waals surface area contributed by atoms with Crippen LogP contribution < -0.4 is 4.74 Å². The van der Waals surface area contributed by atoms with Gasteiger partial charge in [-0.05, 0) is 51.5 Å². The van der Waals surface area contributed by atoms with Crippen molar-refractivity contribution in [1.82, 2.24) is 0 Å². The topological polar surface area (TPSA) is 46.5 Å². The van der Waals surface area contributed by atoms with Crippen molar-refractivity contribution in [2.45, 2.75) is 39.9 Å². The van der Waals surface area contributed by atoms with E-state index >= 15 is 0 Å². The van der Waals surface area contributed by atoms with Gasteiger partial charge in [-0.1, -0.05) is 0 Å². The predicted octanol–water partition coefficient (Wildman–Crippen LogP) is 2.73. The molecular formula is C13H18O3. The Morgan fingerprint density at radius 2 is 1.88 bits per heavy atom. The summed E-state index contributed by atoms with van der Waals surface area (Å²) in [6.45, 7) is 7.00. The van der Waals surface area contributed by atoms with Crippen LogP contribution in [-0.2, 0) is 0 Å². The van der Waals surface area contributed by atoms with Crippen LogP contribution in [0.5, 0.6) is 5.75 Å². The first kappa shape index (κ1) is 12.7. The highest BCUT2D eigenvalue weighted by atomic mass is 16.5. The molecule has 0 aromatic heterocycles. The summed E-state index contributed by atoms with van der Waals surface area (Å²) in [5, 5.41) is 9.52. The van der Waals surface area contributed by atoms with Gasteiger partial charge in [0.2, 0.25) is 0 Å². The molecule has 0 fully saturated rings. The molecule has 0 saturated carbocycles. The summed E-state index contributed by atoms with van der Waals surface area (Å²) in [5.74, 6) is 0.592. The molecule has 3 heteroatoms. The SMILES string of the molecule is CC(=O)c1cc(OC(C)C)cc(C(C)O)c1. The Balaban J connectivity index is 3.13. The Bertz CT molecular complexity index is 381. The van der Waals surface area contributed by atoms with Crippen LogP contribution in [0.4, 0.5) is 0 Å². The molecule has 0 radical (unpaired) electrons. The highest BCUT2D eigenvalue weighted by molar-refractivity contribution is 5.94. The molecule has 1 rings (SSSR count). The van der Waals surface area contributed by atoms with E-state index in [4.69, 9.17) is 4.74 Å². The number of carbonyl (C=O) groups is 1. The molecule has 0 spiro atoms. The lowest BCUT2D eigenvalue weighted by molar-refractivity contribution is 0.101. The van der Waals surface area contributed by atoms with Crippen molar-refractivity contribution in [2.24, 2.45) is 0 Å². The monoisotopic (exact) mass is 222 g/mol. The van der Waals surface area contributed by atoms with E-state index < -0.39 is 6.10 Å². The van der Waals surface area contributed by atoms with Gasteiger partial charge in [0.1, 0.15) is 5.75 Å². The second-order valence-corrected chi connectivity index (χ2v) is 4.19. The van der Waals surface area contributed by atoms with E-state index in [0.29, 0.717) is 16.9 Å². The van der Waals surface area contributed by atoms with Crippen LogP contribution in [0.15, 0.2) is 18.2 Å². The van der Waals surface area contributed by atoms with E-state index in [1.807, 2.05) is 13.8 Å². The molecule has 0 saturated heterocycles. The van der Waals surface area contributed by atoms with Crippen molar-refractivity contribution >= 4 is 5.78 Å². The number of benzene rings is 1. The fourth-order valence-electron chi connectivity index (χ4n) is 1.41. The second-order valence-electron chi connectivity index (χ2n) is 4.19. The Labute approximate surface area is 96.1 Å². The van der Waals surface area contributed by atoms with Crippen LogP contribution in [0, 0.1) is 0 Å². The van der Waals surface area contributed by atoms with E-state index in [1.165, 1.54) is 6.92 Å². The Morgan fingerprint density at radius 1 is 1.25 bits per heavy atom. The lowest BCUT2D eigenvalue weighted by Crippen LogP contribution is -2.07. The van der Waals surface area contributed by atoms with Crippen molar-refractivity contribution in [3.63, 3.8) is 0 Å². The first-order valence-electron chi connectivity index (χ1n) is 5.40. The number of rotatable bonds is 4. The molecule has 0 aliphatic heterocycles. The highest BCUT2D eigenvalue weighted by Gasteiger charge is 2.09. The van der Waals surface area contributed by atoms with Gasteiger partial charge in [0.15, 0.2) is 5.78 Å². The first-order valence-corrected chi connectivity index (χ1v) is 5.40. The van der Waals surface area contributed by atoms with Crippen LogP contribution in [-0.4, -0.2) is 17.0 Å². The largest absolute Gasteiger partial charge is 0.491 e. The van der Waals surface area contributed by atoms with Crippen molar-refractivity contribution in [2.75, 3.05) is 0 Å². The Hall–Kier alpha value is -1.35. The predicted molar refractivity (Wildman–Crippen MR) is 62.8 cm³/mol. The average Bonchev–Trinajstić information content (AvgIpc) is 2.15. The highest BCUT2D eigenvalue weighted by Crippen LogP contribution is 2.23. The fourth-order valence-corrected chi connectivity index (χ4v) is 1.41. The van der Waals surface area contributed by atoms with Gasteiger partial charge in [0.25, 0.3) is 0 Å². The second kappa shape index (κ2) is 5.12. The van der Waals surface area contributed by atoms with Gasteiger partial charge in [-0.25, -0.2) is 0 Å². The maximum atomic E-state index is 11.3. The van der Waals surface area contributed by atoms with Gasteiger partial charge in [-0.15, -0.1) is 0 Å². The average molecular weight is 222 g/mol.